The highest BCUT2D eigenvalue weighted by Crippen LogP contribution is 2.05. The summed E-state index contributed by atoms with van der Waals surface area (Å²) in [5.74, 6) is 1.84. The maximum Gasteiger partial charge on any atom is 0.236 e. The number of aryl methyl sites for hydroxylation is 1. The number of hydrogen-bond acceptors (Lipinski definition) is 4. The monoisotopic (exact) mass is 223 g/mol. The van der Waals surface area contributed by atoms with Crippen molar-refractivity contribution in [2.24, 2.45) is 0 Å². The van der Waals surface area contributed by atoms with E-state index in [1.54, 1.807) is 4.90 Å². The third kappa shape index (κ3) is 2.38. The molecule has 1 fully saturated rings. The maximum atomic E-state index is 11.5. The van der Waals surface area contributed by atoms with Gasteiger partial charge in [-0.05, 0) is 0 Å². The first-order valence-electron chi connectivity index (χ1n) is 5.55. The molecule has 1 aliphatic heterocycles. The van der Waals surface area contributed by atoms with Crippen LogP contribution in [0.3, 0.4) is 0 Å². The Kier molecular flexibility index (Phi) is 3.19. The number of hydrogen-bond donors (Lipinski definition) is 1. The van der Waals surface area contributed by atoms with Gasteiger partial charge in [-0.25, -0.2) is 4.98 Å². The molecular weight excluding hydrogens is 206 g/mol. The molecule has 6 nitrogen and oxygen atoms in total. The van der Waals surface area contributed by atoms with Gasteiger partial charge in [-0.15, -0.1) is 0 Å². The average Bonchev–Trinajstić information content (AvgIpc) is 2.71. The molecule has 2 heterocycles. The molecule has 1 aliphatic rings. The van der Waals surface area contributed by atoms with Crippen molar-refractivity contribution in [1.82, 2.24) is 25.0 Å². The van der Waals surface area contributed by atoms with Crippen LogP contribution in [0.4, 0.5) is 0 Å². The smallest absolute Gasteiger partial charge is 0.236 e. The van der Waals surface area contributed by atoms with Gasteiger partial charge in [0, 0.05) is 26.6 Å². The van der Waals surface area contributed by atoms with Crippen LogP contribution in [-0.4, -0.2) is 57.6 Å². The number of carbonyl (C=O) groups is 1. The van der Waals surface area contributed by atoms with Crippen LogP contribution >= 0.6 is 0 Å². The van der Waals surface area contributed by atoms with E-state index in [2.05, 4.69) is 20.1 Å². The van der Waals surface area contributed by atoms with E-state index >= 15 is 0 Å². The van der Waals surface area contributed by atoms with Crippen LogP contribution in [-0.2, 0) is 17.8 Å². The highest BCUT2D eigenvalue weighted by molar-refractivity contribution is 5.78. The summed E-state index contributed by atoms with van der Waals surface area (Å²) in [6, 6.07) is 0. The molecule has 6 heteroatoms. The maximum absolute atomic E-state index is 11.5. The zero-order valence-corrected chi connectivity index (χ0v) is 9.73. The first-order chi connectivity index (χ1) is 7.69. The summed E-state index contributed by atoms with van der Waals surface area (Å²) in [5, 5.41) is 6.98. The molecule has 0 spiro atoms. The van der Waals surface area contributed by atoms with E-state index in [1.807, 2.05) is 14.0 Å². The van der Waals surface area contributed by atoms with Crippen molar-refractivity contribution in [3.8, 4) is 0 Å². The zero-order valence-electron chi connectivity index (χ0n) is 9.73. The number of nitrogens with zero attached hydrogens (tertiary/aromatic N) is 4. The Labute approximate surface area is 94.6 Å². The zero-order chi connectivity index (χ0) is 11.5. The van der Waals surface area contributed by atoms with Crippen molar-refractivity contribution in [2.45, 2.75) is 19.9 Å². The highest BCUT2D eigenvalue weighted by Gasteiger charge is 2.21. The Morgan fingerprint density at radius 1 is 1.44 bits per heavy atom. The molecule has 88 valence electrons. The summed E-state index contributed by atoms with van der Waals surface area (Å²) < 4.78 is 0. The lowest BCUT2D eigenvalue weighted by molar-refractivity contribution is -0.134. The molecule has 1 amide bonds. The lowest BCUT2D eigenvalue weighted by atomic mass is 10.3. The van der Waals surface area contributed by atoms with Crippen molar-refractivity contribution in [2.75, 3.05) is 26.7 Å². The van der Waals surface area contributed by atoms with Crippen LogP contribution in [0.15, 0.2) is 0 Å². The third-order valence-electron chi connectivity index (χ3n) is 2.80. The normalized spacial score (nSPS) is 18.1. The van der Waals surface area contributed by atoms with Gasteiger partial charge in [-0.1, -0.05) is 6.92 Å². The van der Waals surface area contributed by atoms with Crippen molar-refractivity contribution in [3.05, 3.63) is 11.6 Å². The fourth-order valence-corrected chi connectivity index (χ4v) is 1.72. The summed E-state index contributed by atoms with van der Waals surface area (Å²) in [6.45, 7) is 4.84. The van der Waals surface area contributed by atoms with E-state index in [0.717, 1.165) is 31.2 Å². The van der Waals surface area contributed by atoms with Crippen molar-refractivity contribution in [3.63, 3.8) is 0 Å². The van der Waals surface area contributed by atoms with Crippen LogP contribution in [0.1, 0.15) is 18.6 Å². The van der Waals surface area contributed by atoms with Crippen molar-refractivity contribution < 1.29 is 4.79 Å². The van der Waals surface area contributed by atoms with E-state index < -0.39 is 0 Å². The van der Waals surface area contributed by atoms with Gasteiger partial charge in [0.2, 0.25) is 5.91 Å². The fourth-order valence-electron chi connectivity index (χ4n) is 1.72. The van der Waals surface area contributed by atoms with Crippen molar-refractivity contribution in [1.29, 1.82) is 0 Å². The lowest BCUT2D eigenvalue weighted by Crippen LogP contribution is -2.48. The molecule has 16 heavy (non-hydrogen) atoms. The summed E-state index contributed by atoms with van der Waals surface area (Å²) in [7, 11) is 1.84. The Morgan fingerprint density at radius 3 is 2.88 bits per heavy atom. The Hall–Kier alpha value is -1.43. The van der Waals surface area contributed by atoms with Crippen LogP contribution in [0.2, 0.25) is 0 Å². The lowest BCUT2D eigenvalue weighted by Gasteiger charge is -2.31. The van der Waals surface area contributed by atoms with Gasteiger partial charge in [0.15, 0.2) is 0 Å². The molecule has 0 aliphatic carbocycles. The molecule has 1 aromatic rings. The summed E-state index contributed by atoms with van der Waals surface area (Å²) in [5.41, 5.74) is 0. The van der Waals surface area contributed by atoms with Gasteiger partial charge in [0.25, 0.3) is 0 Å². The van der Waals surface area contributed by atoms with Gasteiger partial charge in [-0.2, -0.15) is 5.10 Å². The highest BCUT2D eigenvalue weighted by atomic mass is 16.2. The van der Waals surface area contributed by atoms with Crippen molar-refractivity contribution >= 4 is 5.91 Å². The Balaban J connectivity index is 1.92. The SMILES string of the molecule is CCc1n[nH]c(CN2CCN(C)C(=O)C2)n1. The fraction of sp³-hybridized carbons (Fsp3) is 0.700. The van der Waals surface area contributed by atoms with Gasteiger partial charge < -0.3 is 4.90 Å². The van der Waals surface area contributed by atoms with E-state index in [1.165, 1.54) is 0 Å². The summed E-state index contributed by atoms with van der Waals surface area (Å²) in [4.78, 5) is 19.7. The first kappa shape index (κ1) is 11.1. The van der Waals surface area contributed by atoms with E-state index in [-0.39, 0.29) is 5.91 Å². The number of amides is 1. The van der Waals surface area contributed by atoms with Gasteiger partial charge >= 0.3 is 0 Å². The molecule has 0 saturated carbocycles. The second-order valence-electron chi connectivity index (χ2n) is 4.08. The number of aromatic amines is 1. The number of carbonyl (C=O) groups excluding carboxylic acids is 1. The van der Waals surface area contributed by atoms with E-state index in [4.69, 9.17) is 0 Å². The molecule has 0 atom stereocenters. The molecule has 1 N–H and O–H groups in total. The number of piperazine rings is 1. The van der Waals surface area contributed by atoms with E-state index in [0.29, 0.717) is 13.1 Å². The quantitative estimate of drug-likeness (QED) is 0.760. The second kappa shape index (κ2) is 4.61. The minimum Gasteiger partial charge on any atom is -0.343 e. The standard InChI is InChI=1S/C10H17N5O/c1-3-8-11-9(13-12-8)6-15-5-4-14(2)10(16)7-15/h3-7H2,1-2H3,(H,11,12,13). The Bertz CT molecular complexity index is 375. The molecule has 2 rings (SSSR count). The average molecular weight is 223 g/mol. The molecule has 1 saturated heterocycles. The van der Waals surface area contributed by atoms with Gasteiger partial charge in [0.1, 0.15) is 11.6 Å². The van der Waals surface area contributed by atoms with E-state index in [9.17, 15) is 4.79 Å². The number of H-pyrrole nitrogens is 1. The first-order valence-corrected chi connectivity index (χ1v) is 5.55. The van der Waals surface area contributed by atoms with Crippen LogP contribution < -0.4 is 0 Å². The largest absolute Gasteiger partial charge is 0.343 e. The number of aromatic nitrogens is 3. The van der Waals surface area contributed by atoms with Gasteiger partial charge in [-0.3, -0.25) is 14.8 Å². The molecule has 0 bridgehead atoms. The van der Waals surface area contributed by atoms with Gasteiger partial charge in [0.05, 0.1) is 13.1 Å². The van der Waals surface area contributed by atoms with Crippen LogP contribution in [0.25, 0.3) is 0 Å². The number of likely N-dealkylation sites (N-methyl/N-ethyl adjacent to an activating group) is 1. The second-order valence-corrected chi connectivity index (χ2v) is 4.08. The van der Waals surface area contributed by atoms with Crippen LogP contribution in [0, 0.1) is 0 Å². The minimum absolute atomic E-state index is 0.168. The molecule has 0 aromatic carbocycles. The predicted molar refractivity (Wildman–Crippen MR) is 58.7 cm³/mol. The number of nitrogens with one attached hydrogen (secondary N) is 1. The molecular formula is C10H17N5O. The Morgan fingerprint density at radius 2 is 2.25 bits per heavy atom. The summed E-state index contributed by atoms with van der Waals surface area (Å²) >= 11 is 0. The molecule has 0 unspecified atom stereocenters. The topological polar surface area (TPSA) is 65.1 Å². The third-order valence-corrected chi connectivity index (χ3v) is 2.80. The molecule has 0 radical (unpaired) electrons. The number of rotatable bonds is 3. The molecule has 1 aromatic heterocycles. The minimum atomic E-state index is 0.168. The van der Waals surface area contributed by atoms with Crippen LogP contribution in [0.5, 0.6) is 0 Å². The predicted octanol–water partition coefficient (Wildman–Crippen LogP) is -0.359. The summed E-state index contributed by atoms with van der Waals surface area (Å²) in [6.07, 6.45) is 0.832.